The van der Waals surface area contributed by atoms with Crippen molar-refractivity contribution < 1.29 is 9.63 Å². The molecular weight excluding hydrogens is 192 g/mol. The Morgan fingerprint density at radius 3 is 2.73 bits per heavy atom. The van der Waals surface area contributed by atoms with Crippen LogP contribution in [0.15, 0.2) is 34.9 Å². The number of nitrogens with two attached hydrogens (primary N) is 1. The Labute approximate surface area is 87.3 Å². The summed E-state index contributed by atoms with van der Waals surface area (Å²) in [5.74, 6) is 0.911. The summed E-state index contributed by atoms with van der Waals surface area (Å²) < 4.78 is 5.06. The first-order valence-electron chi connectivity index (χ1n) is 4.68. The van der Waals surface area contributed by atoms with Crippen molar-refractivity contribution in [3.05, 3.63) is 35.9 Å². The molecule has 15 heavy (non-hydrogen) atoms. The highest BCUT2D eigenvalue weighted by molar-refractivity contribution is 5.64. The molecule has 0 spiro atoms. The van der Waals surface area contributed by atoms with Gasteiger partial charge in [0, 0.05) is 11.6 Å². The molecule has 0 bridgehead atoms. The third kappa shape index (κ3) is 1.85. The molecule has 0 radical (unpaired) electrons. The minimum Gasteiger partial charge on any atom is -0.389 e. The molecule has 1 aromatic carbocycles. The van der Waals surface area contributed by atoms with Gasteiger partial charge in [0.15, 0.2) is 11.6 Å². The van der Waals surface area contributed by atoms with Crippen LogP contribution in [0.3, 0.4) is 0 Å². The van der Waals surface area contributed by atoms with Crippen LogP contribution in [0.1, 0.15) is 18.6 Å². The van der Waals surface area contributed by atoms with Crippen LogP contribution >= 0.6 is 0 Å². The highest BCUT2D eigenvalue weighted by atomic mass is 16.5. The second-order valence-corrected chi connectivity index (χ2v) is 3.38. The number of benzene rings is 1. The molecule has 0 saturated heterocycles. The lowest BCUT2D eigenvalue weighted by Gasteiger charge is -2.08. The van der Waals surface area contributed by atoms with Crippen molar-refractivity contribution in [1.82, 2.24) is 5.16 Å². The molecule has 0 saturated carbocycles. The third-order valence-electron chi connectivity index (χ3n) is 2.20. The highest BCUT2D eigenvalue weighted by Gasteiger charge is 2.12. The Balaban J connectivity index is 2.52. The average Bonchev–Trinajstić information content (AvgIpc) is 2.65. The van der Waals surface area contributed by atoms with Gasteiger partial charge >= 0.3 is 0 Å². The smallest absolute Gasteiger partial charge is 0.169 e. The first kappa shape index (κ1) is 9.73. The summed E-state index contributed by atoms with van der Waals surface area (Å²) in [5, 5.41) is 13.2. The van der Waals surface area contributed by atoms with Gasteiger partial charge in [-0.2, -0.15) is 0 Å². The summed E-state index contributed by atoms with van der Waals surface area (Å²) in [7, 11) is 0. The molecule has 1 unspecified atom stereocenters. The van der Waals surface area contributed by atoms with Gasteiger partial charge in [-0.3, -0.25) is 0 Å². The zero-order valence-corrected chi connectivity index (χ0v) is 8.34. The van der Waals surface area contributed by atoms with Crippen molar-refractivity contribution >= 4 is 5.82 Å². The lowest BCUT2D eigenvalue weighted by Crippen LogP contribution is -1.93. The second kappa shape index (κ2) is 3.74. The molecule has 0 fully saturated rings. The summed E-state index contributed by atoms with van der Waals surface area (Å²) in [6.07, 6.45) is -0.549. The molecular formula is C11H12N2O2. The Kier molecular flexibility index (Phi) is 2.43. The number of rotatable bonds is 2. The van der Waals surface area contributed by atoms with E-state index in [9.17, 15) is 5.11 Å². The zero-order chi connectivity index (χ0) is 10.8. The number of aliphatic hydroxyl groups excluding tert-OH is 1. The van der Waals surface area contributed by atoms with E-state index in [0.29, 0.717) is 11.6 Å². The second-order valence-electron chi connectivity index (χ2n) is 3.38. The van der Waals surface area contributed by atoms with Gasteiger partial charge in [-0.1, -0.05) is 29.4 Å². The number of aliphatic hydroxyl groups is 1. The van der Waals surface area contributed by atoms with E-state index in [-0.39, 0.29) is 0 Å². The van der Waals surface area contributed by atoms with E-state index >= 15 is 0 Å². The molecule has 0 aliphatic rings. The lowest BCUT2D eigenvalue weighted by atomic mass is 10.0. The largest absolute Gasteiger partial charge is 0.389 e. The topological polar surface area (TPSA) is 72.3 Å². The fourth-order valence-corrected chi connectivity index (χ4v) is 1.50. The van der Waals surface area contributed by atoms with Crippen molar-refractivity contribution in [2.45, 2.75) is 13.0 Å². The molecule has 0 aliphatic carbocycles. The number of nitrogen functional groups attached to an aromatic ring is 1. The molecule has 4 nitrogen and oxygen atoms in total. The van der Waals surface area contributed by atoms with Crippen LogP contribution in [0.5, 0.6) is 0 Å². The first-order chi connectivity index (χ1) is 7.18. The molecule has 2 rings (SSSR count). The molecule has 2 aromatic rings. The number of aromatic nitrogens is 1. The van der Waals surface area contributed by atoms with Gasteiger partial charge in [-0.05, 0) is 12.5 Å². The van der Waals surface area contributed by atoms with Gasteiger partial charge in [0.1, 0.15) is 0 Å². The maximum absolute atomic E-state index is 9.58. The molecule has 1 aromatic heterocycles. The van der Waals surface area contributed by atoms with Crippen molar-refractivity contribution in [2.75, 3.05) is 5.73 Å². The van der Waals surface area contributed by atoms with E-state index in [4.69, 9.17) is 10.3 Å². The number of hydrogen-bond donors (Lipinski definition) is 2. The van der Waals surface area contributed by atoms with Crippen LogP contribution < -0.4 is 5.73 Å². The van der Waals surface area contributed by atoms with Crippen LogP contribution in [0.4, 0.5) is 5.82 Å². The van der Waals surface area contributed by atoms with Gasteiger partial charge in [0.25, 0.3) is 0 Å². The van der Waals surface area contributed by atoms with Crippen LogP contribution in [0, 0.1) is 0 Å². The van der Waals surface area contributed by atoms with Gasteiger partial charge in [0.2, 0.25) is 0 Å². The van der Waals surface area contributed by atoms with Gasteiger partial charge in [0.05, 0.1) is 6.10 Å². The molecule has 78 valence electrons. The first-order valence-corrected chi connectivity index (χ1v) is 4.68. The summed E-state index contributed by atoms with van der Waals surface area (Å²) >= 11 is 0. The van der Waals surface area contributed by atoms with E-state index in [1.165, 1.54) is 0 Å². The predicted octanol–water partition coefficient (Wildman–Crippen LogP) is 1.98. The van der Waals surface area contributed by atoms with E-state index in [1.807, 2.05) is 24.3 Å². The highest BCUT2D eigenvalue weighted by Crippen LogP contribution is 2.28. The van der Waals surface area contributed by atoms with Gasteiger partial charge in [-0.25, -0.2) is 0 Å². The van der Waals surface area contributed by atoms with E-state index in [0.717, 1.165) is 11.1 Å². The Morgan fingerprint density at radius 2 is 2.13 bits per heavy atom. The maximum atomic E-state index is 9.58. The fraction of sp³-hybridized carbons (Fsp3) is 0.182. The van der Waals surface area contributed by atoms with Crippen LogP contribution in [0.2, 0.25) is 0 Å². The molecule has 4 heteroatoms. The third-order valence-corrected chi connectivity index (χ3v) is 2.20. The molecule has 3 N–H and O–H groups in total. The van der Waals surface area contributed by atoms with E-state index < -0.39 is 6.10 Å². The molecule has 1 heterocycles. The summed E-state index contributed by atoms with van der Waals surface area (Å²) in [4.78, 5) is 0. The van der Waals surface area contributed by atoms with Crippen LogP contribution in [0.25, 0.3) is 11.3 Å². The minimum atomic E-state index is -0.549. The standard InChI is InChI=1S/C11H12N2O2/c1-7(14)8-4-2-3-5-9(8)10-6-11(12)13-15-10/h2-7,14H,1H3,(H2,12,13). The molecule has 0 aliphatic heterocycles. The monoisotopic (exact) mass is 204 g/mol. The number of nitrogens with zero attached hydrogens (tertiary/aromatic N) is 1. The predicted molar refractivity (Wildman–Crippen MR) is 57.0 cm³/mol. The number of anilines is 1. The fourth-order valence-electron chi connectivity index (χ4n) is 1.50. The van der Waals surface area contributed by atoms with Gasteiger partial charge in [-0.15, -0.1) is 0 Å². The Bertz CT molecular complexity index is 463. The Morgan fingerprint density at radius 1 is 1.40 bits per heavy atom. The van der Waals surface area contributed by atoms with Crippen molar-refractivity contribution in [1.29, 1.82) is 0 Å². The minimum absolute atomic E-state index is 0.338. The molecule has 0 amide bonds. The van der Waals surface area contributed by atoms with Crippen molar-refractivity contribution in [3.8, 4) is 11.3 Å². The summed E-state index contributed by atoms with van der Waals surface area (Å²) in [6, 6.07) is 9.09. The maximum Gasteiger partial charge on any atom is 0.169 e. The summed E-state index contributed by atoms with van der Waals surface area (Å²) in [5.41, 5.74) is 7.09. The zero-order valence-electron chi connectivity index (χ0n) is 8.34. The van der Waals surface area contributed by atoms with E-state index in [1.54, 1.807) is 13.0 Å². The van der Waals surface area contributed by atoms with Crippen molar-refractivity contribution in [3.63, 3.8) is 0 Å². The molecule has 1 atom stereocenters. The lowest BCUT2D eigenvalue weighted by molar-refractivity contribution is 0.199. The van der Waals surface area contributed by atoms with E-state index in [2.05, 4.69) is 5.16 Å². The van der Waals surface area contributed by atoms with Gasteiger partial charge < -0.3 is 15.4 Å². The Hall–Kier alpha value is -1.81. The van der Waals surface area contributed by atoms with Crippen molar-refractivity contribution in [2.24, 2.45) is 0 Å². The average molecular weight is 204 g/mol. The van der Waals surface area contributed by atoms with Crippen LogP contribution in [-0.4, -0.2) is 10.3 Å². The SMILES string of the molecule is CC(O)c1ccccc1-c1cc(N)no1. The normalized spacial score (nSPS) is 12.7. The quantitative estimate of drug-likeness (QED) is 0.784. The van der Waals surface area contributed by atoms with Crippen LogP contribution in [-0.2, 0) is 0 Å². The number of hydrogen-bond acceptors (Lipinski definition) is 4. The summed E-state index contributed by atoms with van der Waals surface area (Å²) in [6.45, 7) is 1.71.